The molecule has 0 aromatic rings. The van der Waals surface area contributed by atoms with Gasteiger partial charge in [-0.05, 0) is 6.42 Å². The van der Waals surface area contributed by atoms with E-state index in [9.17, 15) is 0 Å². The molecular weight excluding hydrogens is 150 g/mol. The van der Waals surface area contributed by atoms with Crippen molar-refractivity contribution in [3.63, 3.8) is 0 Å². The van der Waals surface area contributed by atoms with Crippen molar-refractivity contribution in [3.05, 3.63) is 0 Å². The zero-order valence-corrected chi connectivity index (χ0v) is 7.12. The maximum absolute atomic E-state index is 8.67. The molecule has 2 atom stereocenters. The molecule has 3 nitrogen and oxygen atoms in total. The van der Waals surface area contributed by atoms with Crippen LogP contribution in [-0.4, -0.2) is 0 Å². The Morgan fingerprint density at radius 1 is 1.08 bits per heavy atom. The van der Waals surface area contributed by atoms with E-state index in [0.717, 1.165) is 6.42 Å². The molecule has 0 aliphatic heterocycles. The number of nitrogens with zero attached hydrogens (tertiary/aromatic N) is 3. The SMILES string of the molecule is CCCC(C#N)C(C#N)CC#N. The molecular formula is C9H11N3. The van der Waals surface area contributed by atoms with Crippen LogP contribution in [0.1, 0.15) is 26.2 Å². The van der Waals surface area contributed by atoms with Gasteiger partial charge in [-0.1, -0.05) is 13.3 Å². The summed E-state index contributed by atoms with van der Waals surface area (Å²) in [4.78, 5) is 0. The van der Waals surface area contributed by atoms with Gasteiger partial charge < -0.3 is 0 Å². The van der Waals surface area contributed by atoms with Crippen molar-refractivity contribution in [2.75, 3.05) is 0 Å². The van der Waals surface area contributed by atoms with E-state index >= 15 is 0 Å². The summed E-state index contributed by atoms with van der Waals surface area (Å²) in [5.41, 5.74) is 0. The van der Waals surface area contributed by atoms with Crippen LogP contribution in [0.4, 0.5) is 0 Å². The Labute approximate surface area is 72.8 Å². The molecule has 0 amide bonds. The van der Waals surface area contributed by atoms with Gasteiger partial charge in [-0.3, -0.25) is 0 Å². The molecule has 3 heteroatoms. The van der Waals surface area contributed by atoms with Crippen LogP contribution in [0.5, 0.6) is 0 Å². The Balaban J connectivity index is 4.19. The number of hydrogen-bond donors (Lipinski definition) is 0. The fourth-order valence-corrected chi connectivity index (χ4v) is 1.04. The van der Waals surface area contributed by atoms with Crippen molar-refractivity contribution >= 4 is 0 Å². The summed E-state index contributed by atoms with van der Waals surface area (Å²) in [6.07, 6.45) is 1.74. The minimum Gasteiger partial charge on any atom is -0.198 e. The topological polar surface area (TPSA) is 71.4 Å². The van der Waals surface area contributed by atoms with E-state index in [2.05, 4.69) is 6.07 Å². The maximum Gasteiger partial charge on any atom is 0.0751 e. The summed E-state index contributed by atoms with van der Waals surface area (Å²) in [6, 6.07) is 5.98. The van der Waals surface area contributed by atoms with Gasteiger partial charge in [0.2, 0.25) is 0 Å². The molecule has 0 saturated carbocycles. The van der Waals surface area contributed by atoms with E-state index in [4.69, 9.17) is 15.8 Å². The molecule has 0 bridgehead atoms. The van der Waals surface area contributed by atoms with Crippen molar-refractivity contribution in [2.45, 2.75) is 26.2 Å². The molecule has 0 radical (unpaired) electrons. The van der Waals surface area contributed by atoms with Gasteiger partial charge in [0.1, 0.15) is 0 Å². The molecule has 0 aliphatic carbocycles. The highest BCUT2D eigenvalue weighted by atomic mass is 14.4. The standard InChI is InChI=1S/C9H11N3/c1-2-3-8(6-11)9(7-12)4-5-10/h8-9H,2-4H2,1H3. The van der Waals surface area contributed by atoms with E-state index in [1.807, 2.05) is 19.1 Å². The Morgan fingerprint density at radius 2 is 1.67 bits per heavy atom. The Bertz CT molecular complexity index is 238. The molecule has 0 aromatic carbocycles. The third-order valence-corrected chi connectivity index (χ3v) is 1.73. The zero-order valence-electron chi connectivity index (χ0n) is 7.12. The highest BCUT2D eigenvalue weighted by Crippen LogP contribution is 2.18. The summed E-state index contributed by atoms with van der Waals surface area (Å²) in [5, 5.41) is 25.7. The van der Waals surface area contributed by atoms with Crippen molar-refractivity contribution in [1.29, 1.82) is 15.8 Å². The van der Waals surface area contributed by atoms with Crippen LogP contribution in [0.3, 0.4) is 0 Å². The smallest absolute Gasteiger partial charge is 0.0751 e. The van der Waals surface area contributed by atoms with Crippen LogP contribution in [-0.2, 0) is 0 Å². The molecule has 0 aromatic heterocycles. The first-order valence-electron chi connectivity index (χ1n) is 3.96. The fraction of sp³-hybridized carbons (Fsp3) is 0.667. The predicted molar refractivity (Wildman–Crippen MR) is 43.3 cm³/mol. The first kappa shape index (κ1) is 10.5. The van der Waals surface area contributed by atoms with Crippen molar-refractivity contribution < 1.29 is 0 Å². The molecule has 62 valence electrons. The monoisotopic (exact) mass is 161 g/mol. The third kappa shape index (κ3) is 3.04. The van der Waals surface area contributed by atoms with Crippen LogP contribution in [0.25, 0.3) is 0 Å². The van der Waals surface area contributed by atoms with Gasteiger partial charge in [-0.25, -0.2) is 0 Å². The lowest BCUT2D eigenvalue weighted by Gasteiger charge is -2.09. The van der Waals surface area contributed by atoms with Crippen LogP contribution in [0.15, 0.2) is 0 Å². The lowest BCUT2D eigenvalue weighted by molar-refractivity contribution is 0.466. The number of nitriles is 3. The largest absolute Gasteiger partial charge is 0.198 e. The number of rotatable bonds is 4. The molecule has 0 saturated heterocycles. The quantitative estimate of drug-likeness (QED) is 0.632. The van der Waals surface area contributed by atoms with Crippen LogP contribution in [0.2, 0.25) is 0 Å². The van der Waals surface area contributed by atoms with E-state index in [1.165, 1.54) is 0 Å². The van der Waals surface area contributed by atoms with Gasteiger partial charge in [-0.2, -0.15) is 15.8 Å². The maximum atomic E-state index is 8.67. The highest BCUT2D eigenvalue weighted by molar-refractivity contribution is 5.01. The molecule has 0 heterocycles. The lowest BCUT2D eigenvalue weighted by Crippen LogP contribution is -2.10. The summed E-state index contributed by atoms with van der Waals surface area (Å²) in [7, 11) is 0. The second kappa shape index (κ2) is 6.20. The normalized spacial score (nSPS) is 13.5. The predicted octanol–water partition coefficient (Wildman–Crippen LogP) is 1.98. The van der Waals surface area contributed by atoms with Crippen LogP contribution in [0, 0.1) is 45.8 Å². The summed E-state index contributed by atoms with van der Waals surface area (Å²) < 4.78 is 0. The second-order valence-corrected chi connectivity index (χ2v) is 2.62. The van der Waals surface area contributed by atoms with Crippen LogP contribution >= 0.6 is 0 Å². The third-order valence-electron chi connectivity index (χ3n) is 1.73. The van der Waals surface area contributed by atoms with Crippen LogP contribution < -0.4 is 0 Å². The van der Waals surface area contributed by atoms with Gasteiger partial charge >= 0.3 is 0 Å². The first-order valence-corrected chi connectivity index (χ1v) is 3.96. The van der Waals surface area contributed by atoms with Gasteiger partial charge in [0.15, 0.2) is 0 Å². The van der Waals surface area contributed by atoms with Gasteiger partial charge in [0.05, 0.1) is 36.5 Å². The Morgan fingerprint density at radius 3 is 2.00 bits per heavy atom. The summed E-state index contributed by atoms with van der Waals surface area (Å²) >= 11 is 0. The first-order chi connectivity index (χ1) is 5.79. The molecule has 0 N–H and O–H groups in total. The van der Waals surface area contributed by atoms with E-state index in [0.29, 0.717) is 6.42 Å². The van der Waals surface area contributed by atoms with Crippen molar-refractivity contribution in [2.24, 2.45) is 11.8 Å². The highest BCUT2D eigenvalue weighted by Gasteiger charge is 2.19. The molecule has 2 unspecified atom stereocenters. The molecule has 0 spiro atoms. The lowest BCUT2D eigenvalue weighted by atomic mass is 9.89. The minimum absolute atomic E-state index is 0.161. The zero-order chi connectivity index (χ0) is 9.40. The van der Waals surface area contributed by atoms with Gasteiger partial charge in [0, 0.05) is 0 Å². The minimum atomic E-state index is -0.417. The van der Waals surface area contributed by atoms with Crippen molar-refractivity contribution in [3.8, 4) is 18.2 Å². The fourth-order valence-electron chi connectivity index (χ4n) is 1.04. The molecule has 12 heavy (non-hydrogen) atoms. The van der Waals surface area contributed by atoms with E-state index in [-0.39, 0.29) is 12.3 Å². The molecule has 0 rings (SSSR count). The summed E-state index contributed by atoms with van der Waals surface area (Å²) in [6.45, 7) is 1.96. The second-order valence-electron chi connectivity index (χ2n) is 2.62. The van der Waals surface area contributed by atoms with Gasteiger partial charge in [0.25, 0.3) is 0 Å². The van der Waals surface area contributed by atoms with E-state index < -0.39 is 5.92 Å². The average Bonchev–Trinajstić information content (AvgIpc) is 2.11. The van der Waals surface area contributed by atoms with E-state index in [1.54, 1.807) is 0 Å². The molecule has 0 aliphatic rings. The van der Waals surface area contributed by atoms with Crippen molar-refractivity contribution in [1.82, 2.24) is 0 Å². The molecule has 0 fully saturated rings. The summed E-state index contributed by atoms with van der Waals surface area (Å²) in [5.74, 6) is -0.695. The average molecular weight is 161 g/mol. The Hall–Kier alpha value is -1.53. The Kier molecular flexibility index (Phi) is 5.41. The van der Waals surface area contributed by atoms with Gasteiger partial charge in [-0.15, -0.1) is 0 Å². The number of hydrogen-bond acceptors (Lipinski definition) is 3.